The van der Waals surface area contributed by atoms with Gasteiger partial charge < -0.3 is 9.80 Å². The summed E-state index contributed by atoms with van der Waals surface area (Å²) in [5, 5.41) is 0. The van der Waals surface area contributed by atoms with E-state index in [1.54, 1.807) is 6.08 Å². The lowest BCUT2D eigenvalue weighted by molar-refractivity contribution is -0.140. The average Bonchev–Trinajstić information content (AvgIpc) is 2.66. The van der Waals surface area contributed by atoms with E-state index < -0.39 is 0 Å². The van der Waals surface area contributed by atoms with Crippen molar-refractivity contribution >= 4 is 17.9 Å². The molecule has 0 radical (unpaired) electrons. The molecule has 0 unspecified atom stereocenters. The highest BCUT2D eigenvalue weighted by molar-refractivity contribution is 5.92. The fraction of sp³-hybridized carbons (Fsp3) is 0.545. The van der Waals surface area contributed by atoms with Gasteiger partial charge in [-0.05, 0) is 50.2 Å². The third-order valence-corrected chi connectivity index (χ3v) is 5.59. The number of piperidine rings is 2. The molecule has 0 aromatic heterocycles. The first-order valence-corrected chi connectivity index (χ1v) is 9.85. The van der Waals surface area contributed by atoms with Gasteiger partial charge in [0.05, 0.1) is 0 Å². The van der Waals surface area contributed by atoms with Gasteiger partial charge in [0.25, 0.3) is 0 Å². The second-order valence-corrected chi connectivity index (χ2v) is 7.88. The second kappa shape index (κ2) is 8.52. The number of amides is 2. The van der Waals surface area contributed by atoms with Gasteiger partial charge in [-0.3, -0.25) is 9.59 Å². The average molecular weight is 354 g/mol. The van der Waals surface area contributed by atoms with Crippen LogP contribution in [0.2, 0.25) is 0 Å². The summed E-state index contributed by atoms with van der Waals surface area (Å²) in [6.07, 6.45) is 7.45. The van der Waals surface area contributed by atoms with E-state index in [1.807, 2.05) is 41.0 Å². The van der Waals surface area contributed by atoms with Gasteiger partial charge in [0.2, 0.25) is 11.8 Å². The van der Waals surface area contributed by atoms with Gasteiger partial charge in [-0.15, -0.1) is 0 Å². The summed E-state index contributed by atoms with van der Waals surface area (Å²) in [7, 11) is 0. The van der Waals surface area contributed by atoms with Crippen LogP contribution in [-0.4, -0.2) is 47.8 Å². The van der Waals surface area contributed by atoms with Crippen molar-refractivity contribution in [1.82, 2.24) is 9.80 Å². The van der Waals surface area contributed by atoms with E-state index in [0.29, 0.717) is 24.9 Å². The molecule has 2 amide bonds. The van der Waals surface area contributed by atoms with E-state index in [0.717, 1.165) is 37.9 Å². The van der Waals surface area contributed by atoms with Crippen molar-refractivity contribution in [3.8, 4) is 0 Å². The summed E-state index contributed by atoms with van der Waals surface area (Å²) >= 11 is 0. The molecule has 0 bridgehead atoms. The smallest absolute Gasteiger partial charge is 0.246 e. The molecule has 0 N–H and O–H groups in total. The number of carbonyl (C=O) groups is 2. The summed E-state index contributed by atoms with van der Waals surface area (Å²) in [5.41, 5.74) is 2.23. The van der Waals surface area contributed by atoms with E-state index in [2.05, 4.69) is 13.0 Å². The van der Waals surface area contributed by atoms with Crippen molar-refractivity contribution in [2.24, 2.45) is 11.8 Å². The van der Waals surface area contributed by atoms with Crippen LogP contribution < -0.4 is 0 Å². The number of nitrogens with zero attached hydrogens (tertiary/aromatic N) is 2. The van der Waals surface area contributed by atoms with Crippen LogP contribution in [0.4, 0.5) is 0 Å². The highest BCUT2D eigenvalue weighted by atomic mass is 16.2. The molecule has 140 valence electrons. The summed E-state index contributed by atoms with van der Waals surface area (Å²) in [5.74, 6) is 1.05. The normalized spacial score (nSPS) is 22.0. The fourth-order valence-corrected chi connectivity index (χ4v) is 4.04. The lowest BCUT2D eigenvalue weighted by Crippen LogP contribution is -2.46. The largest absolute Gasteiger partial charge is 0.342 e. The van der Waals surface area contributed by atoms with Crippen molar-refractivity contribution in [2.45, 2.75) is 39.5 Å². The van der Waals surface area contributed by atoms with Crippen LogP contribution in [-0.2, 0) is 9.59 Å². The minimum atomic E-state index is 0.0454. The molecule has 2 saturated heterocycles. The molecule has 1 aromatic rings. The van der Waals surface area contributed by atoms with Crippen molar-refractivity contribution in [3.05, 3.63) is 41.5 Å². The van der Waals surface area contributed by atoms with E-state index >= 15 is 0 Å². The number of aryl methyl sites for hydroxylation is 1. The van der Waals surface area contributed by atoms with Gasteiger partial charge in [-0.1, -0.05) is 36.8 Å². The van der Waals surface area contributed by atoms with Crippen LogP contribution in [0, 0.1) is 18.8 Å². The Kier molecular flexibility index (Phi) is 6.12. The van der Waals surface area contributed by atoms with Gasteiger partial charge in [0, 0.05) is 38.2 Å². The highest BCUT2D eigenvalue weighted by Crippen LogP contribution is 2.23. The first-order chi connectivity index (χ1) is 12.5. The summed E-state index contributed by atoms with van der Waals surface area (Å²) in [6, 6.07) is 8.11. The van der Waals surface area contributed by atoms with Gasteiger partial charge >= 0.3 is 0 Å². The SMILES string of the molecule is Cc1cccc(/C=C\C(=O)N2CCC(C(=O)N3CCC[C@H](C)C3)CC2)c1. The second-order valence-electron chi connectivity index (χ2n) is 7.88. The molecule has 0 aliphatic carbocycles. The standard InChI is InChI=1S/C22H30N2O2/c1-17-5-3-7-19(15-17)8-9-21(25)23-13-10-20(11-14-23)22(26)24-12-4-6-18(2)16-24/h3,5,7-9,15,18,20H,4,6,10-14,16H2,1-2H3/b9-8-/t18-/m0/s1. The van der Waals surface area contributed by atoms with Crippen LogP contribution in [0.5, 0.6) is 0 Å². The first-order valence-electron chi connectivity index (χ1n) is 9.85. The van der Waals surface area contributed by atoms with Crippen LogP contribution >= 0.6 is 0 Å². The third-order valence-electron chi connectivity index (χ3n) is 5.59. The van der Waals surface area contributed by atoms with Crippen LogP contribution in [0.15, 0.2) is 30.3 Å². The molecule has 1 aromatic carbocycles. The van der Waals surface area contributed by atoms with Gasteiger partial charge in [-0.2, -0.15) is 0 Å². The molecule has 0 spiro atoms. The van der Waals surface area contributed by atoms with Crippen LogP contribution in [0.1, 0.15) is 43.7 Å². The van der Waals surface area contributed by atoms with Crippen molar-refractivity contribution in [2.75, 3.05) is 26.2 Å². The predicted octanol–water partition coefficient (Wildman–Crippen LogP) is 3.51. The third kappa shape index (κ3) is 4.75. The Morgan fingerprint density at radius 2 is 1.85 bits per heavy atom. The Balaban J connectivity index is 1.50. The van der Waals surface area contributed by atoms with Crippen molar-refractivity contribution in [3.63, 3.8) is 0 Å². The van der Waals surface area contributed by atoms with Gasteiger partial charge in [0.15, 0.2) is 0 Å². The number of carbonyl (C=O) groups excluding carboxylic acids is 2. The van der Waals surface area contributed by atoms with Crippen molar-refractivity contribution in [1.29, 1.82) is 0 Å². The number of benzene rings is 1. The molecule has 2 heterocycles. The lowest BCUT2D eigenvalue weighted by Gasteiger charge is -2.37. The molecule has 0 saturated carbocycles. The Labute approximate surface area is 156 Å². The summed E-state index contributed by atoms with van der Waals surface area (Å²) in [6.45, 7) is 7.43. The van der Waals surface area contributed by atoms with E-state index in [4.69, 9.17) is 0 Å². The number of likely N-dealkylation sites (tertiary alicyclic amines) is 2. The molecule has 1 atom stereocenters. The fourth-order valence-electron chi connectivity index (χ4n) is 4.04. The Morgan fingerprint density at radius 3 is 2.54 bits per heavy atom. The predicted molar refractivity (Wildman–Crippen MR) is 104 cm³/mol. The zero-order valence-corrected chi connectivity index (χ0v) is 16.0. The zero-order valence-electron chi connectivity index (χ0n) is 16.0. The topological polar surface area (TPSA) is 40.6 Å². The molecule has 3 rings (SSSR count). The minimum Gasteiger partial charge on any atom is -0.342 e. The lowest BCUT2D eigenvalue weighted by atomic mass is 9.92. The molecule has 2 fully saturated rings. The van der Waals surface area contributed by atoms with Gasteiger partial charge in [0.1, 0.15) is 0 Å². The van der Waals surface area contributed by atoms with Gasteiger partial charge in [-0.25, -0.2) is 0 Å². The summed E-state index contributed by atoms with van der Waals surface area (Å²) < 4.78 is 0. The molecule has 26 heavy (non-hydrogen) atoms. The Morgan fingerprint density at radius 1 is 1.08 bits per heavy atom. The minimum absolute atomic E-state index is 0.0454. The van der Waals surface area contributed by atoms with E-state index in [1.165, 1.54) is 12.0 Å². The molecule has 2 aliphatic rings. The van der Waals surface area contributed by atoms with E-state index in [-0.39, 0.29) is 11.8 Å². The Hall–Kier alpha value is -2.10. The molecule has 2 aliphatic heterocycles. The zero-order chi connectivity index (χ0) is 18.5. The van der Waals surface area contributed by atoms with Crippen LogP contribution in [0.25, 0.3) is 6.08 Å². The number of rotatable bonds is 3. The monoisotopic (exact) mass is 354 g/mol. The van der Waals surface area contributed by atoms with Crippen molar-refractivity contribution < 1.29 is 9.59 Å². The van der Waals surface area contributed by atoms with Crippen LogP contribution in [0.3, 0.4) is 0 Å². The molecular formula is C22H30N2O2. The number of hydrogen-bond donors (Lipinski definition) is 0. The first kappa shape index (κ1) is 18.7. The number of hydrogen-bond acceptors (Lipinski definition) is 2. The highest BCUT2D eigenvalue weighted by Gasteiger charge is 2.31. The Bertz CT molecular complexity index is 674. The molecule has 4 heteroatoms. The molecule has 4 nitrogen and oxygen atoms in total. The summed E-state index contributed by atoms with van der Waals surface area (Å²) in [4.78, 5) is 29.1. The maximum absolute atomic E-state index is 12.7. The quantitative estimate of drug-likeness (QED) is 0.780. The maximum Gasteiger partial charge on any atom is 0.246 e. The van der Waals surface area contributed by atoms with E-state index in [9.17, 15) is 9.59 Å². The maximum atomic E-state index is 12.7. The molecular weight excluding hydrogens is 324 g/mol.